The average molecular weight is 379 g/mol. The Labute approximate surface area is 163 Å². The van der Waals surface area contributed by atoms with Gasteiger partial charge in [0.2, 0.25) is 0 Å². The first-order valence-electron chi connectivity index (χ1n) is 9.43. The van der Waals surface area contributed by atoms with E-state index in [1.807, 2.05) is 30.3 Å². The number of aromatic nitrogens is 4. The maximum absolute atomic E-state index is 12.6. The summed E-state index contributed by atoms with van der Waals surface area (Å²) in [5.41, 5.74) is 4.02. The highest BCUT2D eigenvalue weighted by Crippen LogP contribution is 2.32. The molecule has 3 heterocycles. The van der Waals surface area contributed by atoms with Gasteiger partial charge in [-0.15, -0.1) is 0 Å². The predicted molar refractivity (Wildman–Crippen MR) is 107 cm³/mol. The van der Waals surface area contributed by atoms with Crippen LogP contribution in [0.25, 0.3) is 11.5 Å². The number of benzene rings is 1. The Morgan fingerprint density at radius 1 is 1.21 bits per heavy atom. The topological polar surface area (TPSA) is 95.7 Å². The van der Waals surface area contributed by atoms with E-state index in [2.05, 4.69) is 46.3 Å². The van der Waals surface area contributed by atoms with Gasteiger partial charge in [0.1, 0.15) is 17.1 Å². The summed E-state index contributed by atoms with van der Waals surface area (Å²) in [5, 5.41) is 10.4. The molecule has 1 aromatic carbocycles. The number of amides is 1. The van der Waals surface area contributed by atoms with Crippen molar-refractivity contribution in [3.8, 4) is 17.3 Å². The van der Waals surface area contributed by atoms with Crippen LogP contribution in [0.1, 0.15) is 54.1 Å². The fraction of sp³-hybridized carbons (Fsp3) is 0.381. The number of hydrogen-bond donors (Lipinski definition) is 3. The number of nitrogens with zero attached hydrogens (tertiary/aromatic N) is 2. The fourth-order valence-corrected chi connectivity index (χ4v) is 3.54. The molecule has 1 aliphatic rings. The summed E-state index contributed by atoms with van der Waals surface area (Å²) in [7, 11) is 1.66. The van der Waals surface area contributed by atoms with Gasteiger partial charge in [-0.2, -0.15) is 5.10 Å². The van der Waals surface area contributed by atoms with Gasteiger partial charge in [0.05, 0.1) is 7.11 Å². The molecule has 1 unspecified atom stereocenters. The summed E-state index contributed by atoms with van der Waals surface area (Å²) >= 11 is 0. The molecule has 1 atom stereocenters. The second-order valence-electron chi connectivity index (χ2n) is 8.18. The quantitative estimate of drug-likeness (QED) is 0.651. The zero-order valence-electron chi connectivity index (χ0n) is 16.6. The van der Waals surface area contributed by atoms with Crippen molar-refractivity contribution in [1.82, 2.24) is 25.5 Å². The van der Waals surface area contributed by atoms with Crippen LogP contribution in [0.3, 0.4) is 0 Å². The Morgan fingerprint density at radius 3 is 2.71 bits per heavy atom. The number of fused-ring (bicyclic) bond motifs is 1. The molecule has 3 aromatic rings. The summed E-state index contributed by atoms with van der Waals surface area (Å²) in [6.45, 7) is 6.89. The molecular weight excluding hydrogens is 354 g/mol. The standard InChI is InChI=1S/C21H25N5O2/c1-21(2,3)17-10-15(25-26-17)19-23-14-9-12(11-22-20(27)18(14)24-19)13-7-5-6-8-16(13)28-4/h5-8,10,12H,9,11H2,1-4H3,(H,22,27)(H,23,24)(H,25,26). The lowest BCUT2D eigenvalue weighted by Gasteiger charge is -2.17. The zero-order valence-corrected chi connectivity index (χ0v) is 16.6. The van der Waals surface area contributed by atoms with Crippen molar-refractivity contribution in [3.05, 3.63) is 53.0 Å². The summed E-state index contributed by atoms with van der Waals surface area (Å²) in [4.78, 5) is 20.5. The summed E-state index contributed by atoms with van der Waals surface area (Å²) in [6, 6.07) is 9.90. The summed E-state index contributed by atoms with van der Waals surface area (Å²) < 4.78 is 5.51. The maximum atomic E-state index is 12.6. The molecule has 4 rings (SSSR count). The van der Waals surface area contributed by atoms with Gasteiger partial charge >= 0.3 is 0 Å². The molecule has 7 heteroatoms. The van der Waals surface area contributed by atoms with Crippen molar-refractivity contribution in [2.24, 2.45) is 0 Å². The lowest BCUT2D eigenvalue weighted by molar-refractivity contribution is 0.0950. The van der Waals surface area contributed by atoms with Crippen LogP contribution in [0, 0.1) is 0 Å². The normalized spacial score (nSPS) is 17.0. The molecule has 0 fully saturated rings. The van der Waals surface area contributed by atoms with Crippen LogP contribution in [0.15, 0.2) is 30.3 Å². The SMILES string of the molecule is COc1ccccc1C1CNC(=O)c2nc(-c3cc(C(C)(C)C)[nH]n3)[nH]c2C1. The van der Waals surface area contributed by atoms with Crippen molar-refractivity contribution in [2.45, 2.75) is 38.5 Å². The third-order valence-corrected chi connectivity index (χ3v) is 5.16. The molecule has 0 spiro atoms. The Morgan fingerprint density at radius 2 is 2.00 bits per heavy atom. The van der Waals surface area contributed by atoms with Gasteiger partial charge in [-0.1, -0.05) is 39.0 Å². The number of nitrogens with one attached hydrogen (secondary N) is 3. The third-order valence-electron chi connectivity index (χ3n) is 5.16. The number of carbonyl (C=O) groups is 1. The third kappa shape index (κ3) is 3.28. The molecule has 7 nitrogen and oxygen atoms in total. The molecule has 1 aliphatic heterocycles. The van der Waals surface area contributed by atoms with E-state index < -0.39 is 0 Å². The summed E-state index contributed by atoms with van der Waals surface area (Å²) in [5.74, 6) is 1.36. The van der Waals surface area contributed by atoms with Gasteiger partial charge in [-0.25, -0.2) is 4.98 Å². The number of rotatable bonds is 3. The van der Waals surface area contributed by atoms with E-state index >= 15 is 0 Å². The average Bonchev–Trinajstić information content (AvgIpc) is 3.29. The summed E-state index contributed by atoms with van der Waals surface area (Å²) in [6.07, 6.45) is 0.665. The Hall–Kier alpha value is -3.09. The van der Waals surface area contributed by atoms with Crippen molar-refractivity contribution in [1.29, 1.82) is 0 Å². The van der Waals surface area contributed by atoms with Crippen molar-refractivity contribution in [3.63, 3.8) is 0 Å². The number of ether oxygens (including phenoxy) is 1. The molecule has 2 aromatic heterocycles. The van der Waals surface area contributed by atoms with Gasteiger partial charge < -0.3 is 15.0 Å². The minimum Gasteiger partial charge on any atom is -0.496 e. The molecule has 146 valence electrons. The van der Waals surface area contributed by atoms with Crippen LogP contribution >= 0.6 is 0 Å². The van der Waals surface area contributed by atoms with Gasteiger partial charge in [0.15, 0.2) is 5.82 Å². The van der Waals surface area contributed by atoms with E-state index in [1.54, 1.807) is 7.11 Å². The van der Waals surface area contributed by atoms with Crippen LogP contribution < -0.4 is 10.1 Å². The van der Waals surface area contributed by atoms with Crippen LogP contribution in [0.4, 0.5) is 0 Å². The van der Waals surface area contributed by atoms with Gasteiger partial charge in [0, 0.05) is 29.3 Å². The minimum atomic E-state index is -0.165. The molecule has 28 heavy (non-hydrogen) atoms. The predicted octanol–water partition coefficient (Wildman–Crippen LogP) is 3.18. The molecule has 0 saturated carbocycles. The molecule has 0 saturated heterocycles. The molecule has 0 bridgehead atoms. The smallest absolute Gasteiger partial charge is 0.271 e. The highest BCUT2D eigenvalue weighted by Gasteiger charge is 2.28. The van der Waals surface area contributed by atoms with Crippen molar-refractivity contribution in [2.75, 3.05) is 13.7 Å². The number of aromatic amines is 2. The Balaban J connectivity index is 1.69. The number of H-pyrrole nitrogens is 2. The van der Waals surface area contributed by atoms with E-state index in [0.717, 1.165) is 22.7 Å². The van der Waals surface area contributed by atoms with Crippen molar-refractivity contribution < 1.29 is 9.53 Å². The molecule has 0 radical (unpaired) electrons. The first-order chi connectivity index (χ1) is 13.4. The highest BCUT2D eigenvalue weighted by molar-refractivity contribution is 5.94. The first-order valence-corrected chi connectivity index (χ1v) is 9.43. The Bertz CT molecular complexity index is 1010. The van der Waals surface area contributed by atoms with Crippen LogP contribution in [-0.4, -0.2) is 39.7 Å². The van der Waals surface area contributed by atoms with Gasteiger partial charge in [-0.05, 0) is 24.1 Å². The number of para-hydroxylation sites is 1. The molecular formula is C21H25N5O2. The van der Waals surface area contributed by atoms with Crippen LogP contribution in [0.2, 0.25) is 0 Å². The lowest BCUT2D eigenvalue weighted by atomic mass is 9.92. The van der Waals surface area contributed by atoms with Crippen LogP contribution in [-0.2, 0) is 11.8 Å². The second kappa shape index (κ2) is 6.82. The Kier molecular flexibility index (Phi) is 4.45. The molecule has 3 N–H and O–H groups in total. The van der Waals surface area contributed by atoms with E-state index in [1.165, 1.54) is 0 Å². The van der Waals surface area contributed by atoms with Gasteiger partial charge in [0.25, 0.3) is 5.91 Å². The molecule has 0 aliphatic carbocycles. The second-order valence-corrected chi connectivity index (χ2v) is 8.18. The monoisotopic (exact) mass is 379 g/mol. The number of methoxy groups -OCH3 is 1. The van der Waals surface area contributed by atoms with Gasteiger partial charge in [-0.3, -0.25) is 9.89 Å². The largest absolute Gasteiger partial charge is 0.496 e. The number of carbonyl (C=O) groups excluding carboxylic acids is 1. The van der Waals surface area contributed by atoms with E-state index in [-0.39, 0.29) is 17.2 Å². The molecule has 1 amide bonds. The van der Waals surface area contributed by atoms with E-state index in [4.69, 9.17) is 4.74 Å². The maximum Gasteiger partial charge on any atom is 0.271 e. The highest BCUT2D eigenvalue weighted by atomic mass is 16.5. The minimum absolute atomic E-state index is 0.0404. The van der Waals surface area contributed by atoms with Crippen molar-refractivity contribution >= 4 is 5.91 Å². The lowest BCUT2D eigenvalue weighted by Crippen LogP contribution is -2.26. The van der Waals surface area contributed by atoms with E-state index in [0.29, 0.717) is 30.2 Å². The number of imidazole rings is 1. The fourth-order valence-electron chi connectivity index (χ4n) is 3.54. The van der Waals surface area contributed by atoms with E-state index in [9.17, 15) is 4.79 Å². The van der Waals surface area contributed by atoms with Crippen LogP contribution in [0.5, 0.6) is 5.75 Å². The zero-order chi connectivity index (χ0) is 19.9. The number of hydrogen-bond acceptors (Lipinski definition) is 4. The first kappa shape index (κ1) is 18.3.